The summed E-state index contributed by atoms with van der Waals surface area (Å²) >= 11 is 0. The van der Waals surface area contributed by atoms with Crippen LogP contribution in [-0.4, -0.2) is 54.2 Å². The molecule has 2 aliphatic heterocycles. The summed E-state index contributed by atoms with van der Waals surface area (Å²) in [4.78, 5) is 31.7. The zero-order valence-corrected chi connectivity index (χ0v) is 20.4. The fourth-order valence-corrected chi connectivity index (χ4v) is 4.85. The number of hydrogen-bond donors (Lipinski definition) is 2. The third kappa shape index (κ3) is 4.73. The first-order valence-electron chi connectivity index (χ1n) is 12.3. The van der Waals surface area contributed by atoms with Crippen molar-refractivity contribution in [2.45, 2.75) is 58.7 Å². The molecule has 9 nitrogen and oxygen atoms in total. The lowest BCUT2D eigenvalue weighted by Crippen LogP contribution is -2.42. The van der Waals surface area contributed by atoms with Crippen molar-refractivity contribution in [2.75, 3.05) is 11.9 Å². The van der Waals surface area contributed by atoms with Gasteiger partial charge in [0.2, 0.25) is 0 Å². The van der Waals surface area contributed by atoms with E-state index in [0.717, 1.165) is 30.8 Å². The highest BCUT2D eigenvalue weighted by Crippen LogP contribution is 2.26. The lowest BCUT2D eigenvalue weighted by Gasteiger charge is -2.31. The number of fused-ring (bicyclic) bond motifs is 2. The van der Waals surface area contributed by atoms with Gasteiger partial charge in [0.1, 0.15) is 29.3 Å². The van der Waals surface area contributed by atoms with Crippen LogP contribution in [0, 0.1) is 11.7 Å². The number of aromatic nitrogens is 4. The first kappa shape index (κ1) is 24.1. The average Bonchev–Trinajstić information content (AvgIpc) is 3.47. The minimum Gasteiger partial charge on any atom is -0.383 e. The van der Waals surface area contributed by atoms with Crippen molar-refractivity contribution in [1.82, 2.24) is 24.6 Å². The number of amides is 2. The summed E-state index contributed by atoms with van der Waals surface area (Å²) in [6.45, 7) is 5.33. The largest absolute Gasteiger partial charge is 0.383 e. The molecule has 0 aliphatic carbocycles. The van der Waals surface area contributed by atoms with Crippen molar-refractivity contribution in [3.63, 3.8) is 0 Å². The number of halogens is 1. The molecule has 1 aromatic carbocycles. The molecule has 5 rings (SSSR count). The number of pyridine rings is 1. The van der Waals surface area contributed by atoms with E-state index in [1.165, 1.54) is 12.1 Å². The van der Waals surface area contributed by atoms with Crippen LogP contribution in [0.2, 0.25) is 0 Å². The minimum absolute atomic E-state index is 0.124. The van der Waals surface area contributed by atoms with Crippen LogP contribution in [0.4, 0.5) is 10.2 Å². The molecule has 1 unspecified atom stereocenters. The second-order valence-electron chi connectivity index (χ2n) is 9.81. The average molecular weight is 493 g/mol. The Bertz CT molecular complexity index is 1320. The van der Waals surface area contributed by atoms with E-state index < -0.39 is 17.8 Å². The number of anilines is 1. The number of aliphatic hydroxyl groups excluding tert-OH is 1. The fraction of sp³-hybridized carbons (Fsp3) is 0.423. The van der Waals surface area contributed by atoms with E-state index in [1.807, 2.05) is 18.4 Å². The van der Waals surface area contributed by atoms with Gasteiger partial charge in [0.05, 0.1) is 5.56 Å². The van der Waals surface area contributed by atoms with Crippen molar-refractivity contribution in [3.05, 3.63) is 58.7 Å². The Balaban J connectivity index is 1.33. The Hall–Kier alpha value is -3.66. The molecule has 36 heavy (non-hydrogen) atoms. The summed E-state index contributed by atoms with van der Waals surface area (Å²) in [5, 5.41) is 21.4. The first-order valence-corrected chi connectivity index (χ1v) is 12.3. The zero-order chi connectivity index (χ0) is 25.4. The van der Waals surface area contributed by atoms with Crippen LogP contribution >= 0.6 is 0 Å². The van der Waals surface area contributed by atoms with Gasteiger partial charge in [-0.1, -0.05) is 19.9 Å². The van der Waals surface area contributed by atoms with Crippen molar-refractivity contribution in [2.24, 2.45) is 5.92 Å². The quantitative estimate of drug-likeness (QED) is 0.547. The van der Waals surface area contributed by atoms with Crippen LogP contribution < -0.4 is 5.32 Å². The third-order valence-corrected chi connectivity index (χ3v) is 6.67. The van der Waals surface area contributed by atoms with Gasteiger partial charge >= 0.3 is 0 Å². The van der Waals surface area contributed by atoms with E-state index in [9.17, 15) is 19.1 Å². The second-order valence-corrected chi connectivity index (χ2v) is 9.81. The molecule has 188 valence electrons. The molecule has 0 spiro atoms. The summed E-state index contributed by atoms with van der Waals surface area (Å²) in [6, 6.07) is 8.03. The molecular formula is C26H29FN6O3. The normalized spacial score (nSPS) is 15.5. The molecular weight excluding hydrogens is 463 g/mol. The maximum absolute atomic E-state index is 14.9. The van der Waals surface area contributed by atoms with Gasteiger partial charge in [-0.05, 0) is 60.6 Å². The van der Waals surface area contributed by atoms with E-state index >= 15 is 0 Å². The van der Waals surface area contributed by atoms with Gasteiger partial charge in [0, 0.05) is 26.1 Å². The summed E-state index contributed by atoms with van der Waals surface area (Å²) in [5.74, 6) is 0.420. The van der Waals surface area contributed by atoms with Gasteiger partial charge in [0.15, 0.2) is 5.82 Å². The molecule has 0 radical (unpaired) electrons. The van der Waals surface area contributed by atoms with E-state index in [4.69, 9.17) is 0 Å². The predicted molar refractivity (Wildman–Crippen MR) is 131 cm³/mol. The highest BCUT2D eigenvalue weighted by Gasteiger charge is 2.28. The monoisotopic (exact) mass is 492 g/mol. The Labute approximate surface area is 208 Å². The van der Waals surface area contributed by atoms with Gasteiger partial charge in [-0.2, -0.15) is 0 Å². The van der Waals surface area contributed by atoms with E-state index in [1.54, 1.807) is 23.1 Å². The molecule has 0 saturated heterocycles. The Morgan fingerprint density at radius 1 is 1.14 bits per heavy atom. The van der Waals surface area contributed by atoms with Crippen LogP contribution in [0.15, 0.2) is 30.3 Å². The van der Waals surface area contributed by atoms with Gasteiger partial charge < -0.3 is 19.9 Å². The highest BCUT2D eigenvalue weighted by molar-refractivity contribution is 6.04. The molecule has 10 heteroatoms. The molecule has 0 fully saturated rings. The first-order chi connectivity index (χ1) is 17.3. The number of hydrogen-bond acceptors (Lipinski definition) is 6. The summed E-state index contributed by atoms with van der Waals surface area (Å²) in [6.07, 6.45) is 1.65. The van der Waals surface area contributed by atoms with Crippen LogP contribution in [0.3, 0.4) is 0 Å². The number of aryl methyl sites for hydroxylation is 1. The van der Waals surface area contributed by atoms with Crippen molar-refractivity contribution in [3.8, 4) is 11.5 Å². The van der Waals surface area contributed by atoms with Crippen LogP contribution in [-0.2, 0) is 30.7 Å². The molecule has 1 atom stereocenters. The van der Waals surface area contributed by atoms with Crippen molar-refractivity contribution >= 4 is 17.6 Å². The lowest BCUT2D eigenvalue weighted by molar-refractivity contribution is -0.141. The van der Waals surface area contributed by atoms with E-state index in [0.29, 0.717) is 36.5 Å². The number of carbonyl (C=O) groups is 2. The molecule has 2 aliphatic rings. The molecule has 4 heterocycles. The molecule has 0 bridgehead atoms. The predicted octanol–water partition coefficient (Wildman–Crippen LogP) is 2.97. The van der Waals surface area contributed by atoms with Crippen LogP contribution in [0.5, 0.6) is 0 Å². The number of rotatable bonds is 6. The van der Waals surface area contributed by atoms with Gasteiger partial charge in [-0.25, -0.2) is 9.37 Å². The standard InChI is InChI=1S/C26H29FN6O3/c1-15(2)11-21(34)26(36)32-10-8-16-13-19(27)18(12-17(16)14-32)25(35)29-22-6-3-5-20(28-22)24-31-30-23-7-4-9-33(23)24/h3,5-6,12-13,15,21,34H,4,7-11,14H2,1-2H3,(H,28,29,35). The molecule has 3 aromatic rings. The summed E-state index contributed by atoms with van der Waals surface area (Å²) in [7, 11) is 0. The van der Waals surface area contributed by atoms with E-state index in [-0.39, 0.29) is 29.8 Å². The van der Waals surface area contributed by atoms with Gasteiger partial charge in [0.25, 0.3) is 11.8 Å². The maximum atomic E-state index is 14.9. The van der Waals surface area contributed by atoms with Gasteiger partial charge in [-0.15, -0.1) is 10.2 Å². The zero-order valence-electron chi connectivity index (χ0n) is 20.4. The number of benzene rings is 1. The van der Waals surface area contributed by atoms with Crippen LogP contribution in [0.25, 0.3) is 11.5 Å². The Kier molecular flexibility index (Phi) is 6.53. The van der Waals surface area contributed by atoms with Gasteiger partial charge in [-0.3, -0.25) is 9.59 Å². The molecule has 2 aromatic heterocycles. The Morgan fingerprint density at radius 2 is 1.97 bits per heavy atom. The number of nitrogens with one attached hydrogen (secondary N) is 1. The maximum Gasteiger partial charge on any atom is 0.259 e. The Morgan fingerprint density at radius 3 is 2.78 bits per heavy atom. The van der Waals surface area contributed by atoms with Crippen molar-refractivity contribution < 1.29 is 19.1 Å². The van der Waals surface area contributed by atoms with Crippen LogP contribution in [0.1, 0.15) is 54.0 Å². The topological polar surface area (TPSA) is 113 Å². The fourth-order valence-electron chi connectivity index (χ4n) is 4.85. The smallest absolute Gasteiger partial charge is 0.259 e. The number of nitrogens with zero attached hydrogens (tertiary/aromatic N) is 5. The summed E-state index contributed by atoms with van der Waals surface area (Å²) < 4.78 is 16.9. The molecule has 0 saturated carbocycles. The van der Waals surface area contributed by atoms with Crippen molar-refractivity contribution in [1.29, 1.82) is 0 Å². The number of carbonyl (C=O) groups excluding carboxylic acids is 2. The SMILES string of the molecule is CC(C)CC(O)C(=O)N1CCc2cc(F)c(C(=O)Nc3cccc(-c4nnc5n4CCC5)n3)cc2C1. The third-order valence-electron chi connectivity index (χ3n) is 6.67. The second kappa shape index (κ2) is 9.77. The minimum atomic E-state index is -1.07. The number of aliphatic hydroxyl groups is 1. The highest BCUT2D eigenvalue weighted by atomic mass is 19.1. The van der Waals surface area contributed by atoms with E-state index in [2.05, 4.69) is 20.5 Å². The molecule has 2 N–H and O–H groups in total. The molecule has 2 amide bonds. The lowest BCUT2D eigenvalue weighted by atomic mass is 9.95. The summed E-state index contributed by atoms with van der Waals surface area (Å²) in [5.41, 5.74) is 1.90.